The molecule has 0 radical (unpaired) electrons. The lowest BCUT2D eigenvalue weighted by atomic mass is 10.2. The highest BCUT2D eigenvalue weighted by molar-refractivity contribution is 7.80. The minimum absolute atomic E-state index is 0.103. The van der Waals surface area contributed by atoms with Crippen LogP contribution < -0.4 is 0 Å². The van der Waals surface area contributed by atoms with Crippen molar-refractivity contribution in [3.05, 3.63) is 37.9 Å². The molecule has 1 N–H and O–H groups in total. The first-order valence-electron chi connectivity index (χ1n) is 3.73. The Balaban J connectivity index is 3.47. The molecule has 0 aliphatic heterocycles. The normalized spacial score (nSPS) is 10.0. The zero-order valence-corrected chi connectivity index (χ0v) is 8.18. The van der Waals surface area contributed by atoms with Crippen LogP contribution in [0.15, 0.2) is 17.0 Å². The fourth-order valence-corrected chi connectivity index (χ4v) is 1.32. The van der Waals surface area contributed by atoms with Crippen LogP contribution in [0.25, 0.3) is 0 Å². The van der Waals surface area contributed by atoms with E-state index in [1.54, 1.807) is 0 Å². The molecule has 80 valence electrons. The van der Waals surface area contributed by atoms with Gasteiger partial charge in [0.25, 0.3) is 11.4 Å². The van der Waals surface area contributed by atoms with E-state index in [1.165, 1.54) is 0 Å². The molecule has 0 aliphatic rings. The van der Waals surface area contributed by atoms with Gasteiger partial charge in [-0.3, -0.25) is 20.2 Å². The molecule has 0 saturated heterocycles. The van der Waals surface area contributed by atoms with Gasteiger partial charge >= 0.3 is 0 Å². The smallest absolute Gasteiger partial charge is 0.289 e. The molecule has 0 amide bonds. The third kappa shape index (κ3) is 2.22. The summed E-state index contributed by atoms with van der Waals surface area (Å²) in [6.07, 6.45) is 0. The molecule has 7 nitrogen and oxygen atoms in total. The van der Waals surface area contributed by atoms with Crippen molar-refractivity contribution < 1.29 is 15.0 Å². The Morgan fingerprint density at radius 3 is 1.87 bits per heavy atom. The van der Waals surface area contributed by atoms with Crippen LogP contribution in [0, 0.1) is 20.2 Å². The van der Waals surface area contributed by atoms with Gasteiger partial charge < -0.3 is 5.11 Å². The summed E-state index contributed by atoms with van der Waals surface area (Å²) in [5, 5.41) is 29.8. The second-order valence-electron chi connectivity index (χ2n) is 2.66. The maximum Gasteiger partial charge on any atom is 0.289 e. The van der Waals surface area contributed by atoms with Gasteiger partial charge in [-0.1, -0.05) is 0 Å². The third-order valence-electron chi connectivity index (χ3n) is 1.71. The molecule has 0 heterocycles. The second-order valence-corrected chi connectivity index (χ2v) is 3.10. The molecule has 0 bridgehead atoms. The van der Waals surface area contributed by atoms with Gasteiger partial charge in [0.05, 0.1) is 16.5 Å². The molecule has 1 aromatic carbocycles. The van der Waals surface area contributed by atoms with Crippen LogP contribution in [-0.4, -0.2) is 15.0 Å². The lowest BCUT2D eigenvalue weighted by molar-refractivity contribution is -0.399. The monoisotopic (exact) mass is 230 g/mol. The molecular weight excluding hydrogens is 224 g/mol. The topological polar surface area (TPSA) is 107 Å². The number of thiol groups is 1. The van der Waals surface area contributed by atoms with Gasteiger partial charge in [-0.25, -0.2) is 0 Å². The van der Waals surface area contributed by atoms with Crippen molar-refractivity contribution in [1.29, 1.82) is 0 Å². The van der Waals surface area contributed by atoms with Gasteiger partial charge in [0.2, 0.25) is 0 Å². The van der Waals surface area contributed by atoms with E-state index in [-0.39, 0.29) is 10.5 Å². The Morgan fingerprint density at radius 1 is 1.20 bits per heavy atom. The number of aliphatic hydroxyl groups excluding tert-OH is 1. The summed E-state index contributed by atoms with van der Waals surface area (Å²) in [5.41, 5.74) is -0.876. The minimum Gasteiger partial charge on any atom is -0.392 e. The molecule has 0 fully saturated rings. The standard InChI is InChI=1S/C7H6N2O5S/c10-3-4-1-5(8(11)12)7(15)6(2-4)9(13)14/h1-2,10,15H,3H2. The van der Waals surface area contributed by atoms with Gasteiger partial charge in [-0.05, 0) is 5.56 Å². The van der Waals surface area contributed by atoms with E-state index < -0.39 is 27.8 Å². The number of nitrogens with zero attached hydrogens (tertiary/aromatic N) is 2. The average Bonchev–Trinajstić information content (AvgIpc) is 2.17. The van der Waals surface area contributed by atoms with E-state index in [0.717, 1.165) is 12.1 Å². The fraction of sp³-hybridized carbons (Fsp3) is 0.143. The number of nitro benzene ring substituents is 2. The van der Waals surface area contributed by atoms with Crippen LogP contribution in [0.2, 0.25) is 0 Å². The van der Waals surface area contributed by atoms with E-state index >= 15 is 0 Å². The summed E-state index contributed by atoms with van der Waals surface area (Å²) in [5.74, 6) is 0. The van der Waals surface area contributed by atoms with E-state index in [4.69, 9.17) is 5.11 Å². The van der Waals surface area contributed by atoms with Crippen LogP contribution in [-0.2, 0) is 6.61 Å². The summed E-state index contributed by atoms with van der Waals surface area (Å²) >= 11 is 3.71. The molecule has 15 heavy (non-hydrogen) atoms. The van der Waals surface area contributed by atoms with E-state index in [1.807, 2.05) is 0 Å². The lowest BCUT2D eigenvalue weighted by Gasteiger charge is -2.01. The maximum absolute atomic E-state index is 10.5. The minimum atomic E-state index is -0.783. The van der Waals surface area contributed by atoms with Gasteiger partial charge in [0.15, 0.2) is 4.90 Å². The molecule has 8 heteroatoms. The largest absolute Gasteiger partial charge is 0.392 e. The average molecular weight is 230 g/mol. The fourth-order valence-electron chi connectivity index (χ4n) is 1.03. The number of nitro groups is 2. The predicted octanol–water partition coefficient (Wildman–Crippen LogP) is 1.28. The van der Waals surface area contributed by atoms with Crippen LogP contribution in [0.3, 0.4) is 0 Å². The number of hydrogen-bond acceptors (Lipinski definition) is 6. The Bertz CT molecular complexity index is 398. The van der Waals surface area contributed by atoms with Crippen molar-refractivity contribution in [2.45, 2.75) is 11.5 Å². The molecule has 0 saturated carbocycles. The first-order valence-corrected chi connectivity index (χ1v) is 4.17. The molecule has 0 aromatic heterocycles. The van der Waals surface area contributed by atoms with Crippen LogP contribution in [0.5, 0.6) is 0 Å². The summed E-state index contributed by atoms with van der Waals surface area (Å²) in [6, 6.07) is 2.10. The SMILES string of the molecule is O=[N+]([O-])c1cc(CO)cc([N+](=O)[O-])c1S. The predicted molar refractivity (Wildman–Crippen MR) is 52.9 cm³/mol. The summed E-state index contributed by atoms with van der Waals surface area (Å²) < 4.78 is 0. The van der Waals surface area contributed by atoms with E-state index in [9.17, 15) is 20.2 Å². The van der Waals surface area contributed by atoms with Gasteiger partial charge in [-0.2, -0.15) is 0 Å². The van der Waals surface area contributed by atoms with Crippen molar-refractivity contribution >= 4 is 24.0 Å². The molecule has 0 atom stereocenters. The Labute approximate surface area is 89.1 Å². The first-order chi connectivity index (χ1) is 6.97. The Morgan fingerprint density at radius 2 is 1.60 bits per heavy atom. The highest BCUT2D eigenvalue weighted by Gasteiger charge is 2.23. The first kappa shape index (κ1) is 11.4. The number of hydrogen-bond donors (Lipinski definition) is 2. The lowest BCUT2D eigenvalue weighted by Crippen LogP contribution is -1.98. The van der Waals surface area contributed by atoms with E-state index in [2.05, 4.69) is 12.6 Å². The van der Waals surface area contributed by atoms with Gasteiger partial charge in [-0.15, -0.1) is 12.6 Å². The zero-order valence-electron chi connectivity index (χ0n) is 7.28. The zero-order chi connectivity index (χ0) is 11.6. The van der Waals surface area contributed by atoms with Crippen molar-refractivity contribution in [2.75, 3.05) is 0 Å². The molecular formula is C7H6N2O5S. The number of rotatable bonds is 3. The molecule has 0 spiro atoms. The van der Waals surface area contributed by atoms with Crippen molar-refractivity contribution in [2.24, 2.45) is 0 Å². The maximum atomic E-state index is 10.5. The summed E-state index contributed by atoms with van der Waals surface area (Å²) in [4.78, 5) is 19.2. The third-order valence-corrected chi connectivity index (χ3v) is 2.16. The van der Waals surface area contributed by atoms with Gasteiger partial charge in [0.1, 0.15) is 0 Å². The number of aliphatic hydroxyl groups is 1. The highest BCUT2D eigenvalue weighted by atomic mass is 32.1. The Kier molecular flexibility index (Phi) is 3.22. The number of benzene rings is 1. The molecule has 0 aliphatic carbocycles. The van der Waals surface area contributed by atoms with Crippen molar-refractivity contribution in [1.82, 2.24) is 0 Å². The Hall–Kier alpha value is -1.67. The van der Waals surface area contributed by atoms with Crippen molar-refractivity contribution in [3.63, 3.8) is 0 Å². The summed E-state index contributed by atoms with van der Waals surface area (Å²) in [7, 11) is 0. The van der Waals surface area contributed by atoms with Gasteiger partial charge in [0, 0.05) is 12.1 Å². The van der Waals surface area contributed by atoms with Crippen LogP contribution >= 0.6 is 12.6 Å². The van der Waals surface area contributed by atoms with E-state index in [0.29, 0.717) is 0 Å². The van der Waals surface area contributed by atoms with Crippen LogP contribution in [0.1, 0.15) is 5.56 Å². The molecule has 1 rings (SSSR count). The summed E-state index contributed by atoms with van der Waals surface area (Å²) in [6.45, 7) is -0.504. The second kappa shape index (κ2) is 4.24. The van der Waals surface area contributed by atoms with Crippen LogP contribution in [0.4, 0.5) is 11.4 Å². The quantitative estimate of drug-likeness (QED) is 0.462. The highest BCUT2D eigenvalue weighted by Crippen LogP contribution is 2.33. The molecule has 1 aromatic rings. The molecule has 0 unspecified atom stereocenters. The van der Waals surface area contributed by atoms with Crippen molar-refractivity contribution in [3.8, 4) is 0 Å².